The topological polar surface area (TPSA) is 93.1 Å². The van der Waals surface area contributed by atoms with Crippen LogP contribution in [0.3, 0.4) is 0 Å². The van der Waals surface area contributed by atoms with Gasteiger partial charge in [-0.1, -0.05) is 6.07 Å². The molecule has 1 aromatic carbocycles. The number of esters is 2. The molecule has 0 radical (unpaired) electrons. The van der Waals surface area contributed by atoms with E-state index in [0.29, 0.717) is 29.3 Å². The number of ether oxygens (including phenoxy) is 4. The lowest BCUT2D eigenvalue weighted by Gasteiger charge is -2.12. The largest absolute Gasteiger partial charge is 0.496 e. The number of benzene rings is 1. The second-order valence-electron chi connectivity index (χ2n) is 6.30. The van der Waals surface area contributed by atoms with E-state index in [1.54, 1.807) is 31.2 Å². The van der Waals surface area contributed by atoms with Crippen molar-refractivity contribution in [3.8, 4) is 11.5 Å². The van der Waals surface area contributed by atoms with Crippen molar-refractivity contribution in [3.63, 3.8) is 0 Å². The number of carbonyl (C=O) groups excluding carboxylic acids is 3. The second kappa shape index (κ2) is 9.77. The third kappa shape index (κ3) is 4.96. The number of rotatable bonds is 9. The molecule has 29 heavy (non-hydrogen) atoms. The van der Waals surface area contributed by atoms with Gasteiger partial charge in [-0.25, -0.2) is 4.79 Å². The smallest absolute Gasteiger partial charge is 0.346 e. The molecule has 0 bridgehead atoms. The van der Waals surface area contributed by atoms with E-state index in [9.17, 15) is 14.4 Å². The molecule has 0 N–H and O–H groups in total. The Kier molecular flexibility index (Phi) is 7.41. The molecule has 0 saturated carbocycles. The molecule has 1 aromatic heterocycles. The number of nitrogens with zero attached hydrogens (tertiary/aromatic N) is 1. The van der Waals surface area contributed by atoms with Crippen molar-refractivity contribution in [1.29, 1.82) is 0 Å². The van der Waals surface area contributed by atoms with Gasteiger partial charge in [0.1, 0.15) is 17.1 Å². The minimum Gasteiger partial charge on any atom is -0.496 e. The predicted octanol–water partition coefficient (Wildman–Crippen LogP) is 2.72. The van der Waals surface area contributed by atoms with Gasteiger partial charge in [0.25, 0.3) is 0 Å². The first kappa shape index (κ1) is 22.0. The Labute approximate surface area is 169 Å². The monoisotopic (exact) mass is 403 g/mol. The van der Waals surface area contributed by atoms with Crippen molar-refractivity contribution in [2.75, 3.05) is 27.9 Å². The highest BCUT2D eigenvalue weighted by molar-refractivity contribution is 6.01. The van der Waals surface area contributed by atoms with E-state index in [-0.39, 0.29) is 23.7 Å². The van der Waals surface area contributed by atoms with Crippen LogP contribution in [0.15, 0.2) is 24.3 Å². The molecule has 0 amide bonds. The first-order valence-corrected chi connectivity index (χ1v) is 8.98. The molecule has 8 heteroatoms. The summed E-state index contributed by atoms with van der Waals surface area (Å²) in [6.07, 6.45) is 0.197. The number of hydrogen-bond donors (Lipinski definition) is 0. The Balaban J connectivity index is 2.12. The number of ketones is 1. The Morgan fingerprint density at radius 3 is 2.17 bits per heavy atom. The van der Waals surface area contributed by atoms with Gasteiger partial charge in [0, 0.05) is 23.5 Å². The zero-order valence-corrected chi connectivity index (χ0v) is 17.2. The highest BCUT2D eigenvalue weighted by Crippen LogP contribution is 2.29. The molecule has 0 fully saturated rings. The number of Topliss-reactive ketones (excluding diaryl/α,β-unsaturated/α-hetero) is 1. The lowest BCUT2D eigenvalue weighted by Crippen LogP contribution is -2.16. The summed E-state index contributed by atoms with van der Waals surface area (Å²) in [7, 11) is 4.19. The summed E-state index contributed by atoms with van der Waals surface area (Å²) < 4.78 is 22.1. The second-order valence-corrected chi connectivity index (χ2v) is 6.30. The molecular formula is C21H25NO7. The van der Waals surface area contributed by atoms with Crippen molar-refractivity contribution < 1.29 is 33.3 Å². The van der Waals surface area contributed by atoms with E-state index in [1.165, 1.54) is 21.3 Å². The summed E-state index contributed by atoms with van der Waals surface area (Å²) in [4.78, 5) is 36.5. The Morgan fingerprint density at radius 2 is 1.62 bits per heavy atom. The fourth-order valence-electron chi connectivity index (χ4n) is 3.07. The van der Waals surface area contributed by atoms with Crippen LogP contribution in [-0.2, 0) is 20.8 Å². The SMILES string of the molecule is COC(=O)CCn1c(C)cc(C(=O)COC(=O)c2c(OC)cccc2OC)c1C. The average Bonchev–Trinajstić information content (AvgIpc) is 3.02. The van der Waals surface area contributed by atoms with Gasteiger partial charge in [0.05, 0.1) is 27.8 Å². The highest BCUT2D eigenvalue weighted by Gasteiger charge is 2.22. The van der Waals surface area contributed by atoms with Gasteiger partial charge >= 0.3 is 11.9 Å². The fourth-order valence-corrected chi connectivity index (χ4v) is 3.07. The number of carbonyl (C=O) groups is 3. The Bertz CT molecular complexity index is 892. The highest BCUT2D eigenvalue weighted by atomic mass is 16.5. The van der Waals surface area contributed by atoms with Gasteiger partial charge in [0.2, 0.25) is 5.78 Å². The third-order valence-electron chi connectivity index (χ3n) is 4.61. The van der Waals surface area contributed by atoms with Crippen LogP contribution in [0.2, 0.25) is 0 Å². The van der Waals surface area contributed by atoms with Crippen molar-refractivity contribution in [3.05, 3.63) is 46.8 Å². The van der Waals surface area contributed by atoms with Crippen LogP contribution in [0.25, 0.3) is 0 Å². The van der Waals surface area contributed by atoms with Crippen molar-refractivity contribution in [2.45, 2.75) is 26.8 Å². The van der Waals surface area contributed by atoms with Crippen molar-refractivity contribution >= 4 is 17.7 Å². The molecule has 0 aliphatic carbocycles. The normalized spacial score (nSPS) is 10.4. The third-order valence-corrected chi connectivity index (χ3v) is 4.61. The molecule has 0 aliphatic rings. The van der Waals surface area contributed by atoms with Gasteiger partial charge in [-0.3, -0.25) is 9.59 Å². The van der Waals surface area contributed by atoms with E-state index in [2.05, 4.69) is 4.74 Å². The quantitative estimate of drug-likeness (QED) is 0.469. The van der Waals surface area contributed by atoms with Gasteiger partial charge in [-0.2, -0.15) is 0 Å². The van der Waals surface area contributed by atoms with Crippen LogP contribution < -0.4 is 9.47 Å². The molecule has 0 spiro atoms. The summed E-state index contributed by atoms with van der Waals surface area (Å²) in [5.74, 6) is -0.799. The fraction of sp³-hybridized carbons (Fsp3) is 0.381. The number of aryl methyl sites for hydroxylation is 1. The van der Waals surface area contributed by atoms with E-state index in [0.717, 1.165) is 5.69 Å². The molecule has 0 atom stereocenters. The standard InChI is InChI=1S/C21H25NO7/c1-13-11-15(14(2)22(13)10-9-19(24)28-5)16(23)12-29-21(25)20-17(26-3)7-6-8-18(20)27-4/h6-8,11H,9-10,12H2,1-5H3. The molecule has 156 valence electrons. The molecule has 8 nitrogen and oxygen atoms in total. The van der Waals surface area contributed by atoms with E-state index in [4.69, 9.17) is 14.2 Å². The summed E-state index contributed by atoms with van der Waals surface area (Å²) in [6.45, 7) is 3.59. The summed E-state index contributed by atoms with van der Waals surface area (Å²) >= 11 is 0. The number of methoxy groups -OCH3 is 3. The molecule has 1 heterocycles. The van der Waals surface area contributed by atoms with Gasteiger partial charge in [-0.05, 0) is 32.0 Å². The molecule has 0 saturated heterocycles. The minimum absolute atomic E-state index is 0.119. The minimum atomic E-state index is -0.716. The molecule has 2 rings (SSSR count). The zero-order chi connectivity index (χ0) is 21.6. The van der Waals surface area contributed by atoms with Crippen LogP contribution in [0.4, 0.5) is 0 Å². The summed E-state index contributed by atoms with van der Waals surface area (Å²) in [5, 5.41) is 0. The zero-order valence-electron chi connectivity index (χ0n) is 17.2. The summed E-state index contributed by atoms with van der Waals surface area (Å²) in [6, 6.07) is 6.61. The average molecular weight is 403 g/mol. The van der Waals surface area contributed by atoms with Gasteiger partial charge < -0.3 is 23.5 Å². The maximum atomic E-state index is 12.6. The number of hydrogen-bond acceptors (Lipinski definition) is 7. The van der Waals surface area contributed by atoms with E-state index < -0.39 is 12.6 Å². The van der Waals surface area contributed by atoms with E-state index >= 15 is 0 Å². The van der Waals surface area contributed by atoms with Gasteiger partial charge in [-0.15, -0.1) is 0 Å². The van der Waals surface area contributed by atoms with Crippen LogP contribution in [0.5, 0.6) is 11.5 Å². The Hall–Kier alpha value is -3.29. The maximum absolute atomic E-state index is 12.6. The van der Waals surface area contributed by atoms with Crippen LogP contribution in [-0.4, -0.2) is 50.2 Å². The molecule has 0 unspecified atom stereocenters. The van der Waals surface area contributed by atoms with Crippen LogP contribution in [0, 0.1) is 13.8 Å². The lowest BCUT2D eigenvalue weighted by molar-refractivity contribution is -0.140. The first-order valence-electron chi connectivity index (χ1n) is 8.98. The first-order chi connectivity index (χ1) is 13.8. The van der Waals surface area contributed by atoms with Gasteiger partial charge in [0.15, 0.2) is 6.61 Å². The van der Waals surface area contributed by atoms with Crippen LogP contribution in [0.1, 0.15) is 38.5 Å². The van der Waals surface area contributed by atoms with Crippen molar-refractivity contribution in [2.24, 2.45) is 0 Å². The summed E-state index contributed by atoms with van der Waals surface area (Å²) in [5.41, 5.74) is 2.08. The predicted molar refractivity (Wildman–Crippen MR) is 105 cm³/mol. The molecular weight excluding hydrogens is 378 g/mol. The Morgan fingerprint density at radius 1 is 1.00 bits per heavy atom. The molecule has 0 aliphatic heterocycles. The van der Waals surface area contributed by atoms with Crippen molar-refractivity contribution in [1.82, 2.24) is 4.57 Å². The lowest BCUT2D eigenvalue weighted by atomic mass is 10.1. The van der Waals surface area contributed by atoms with E-state index in [1.807, 2.05) is 11.5 Å². The van der Waals surface area contributed by atoms with Crippen LogP contribution >= 0.6 is 0 Å². The maximum Gasteiger partial charge on any atom is 0.346 e. The molecule has 2 aromatic rings. The number of aromatic nitrogens is 1.